The SMILES string of the molecule is COCCc1nc([C@]2(C)CCCNC2)n(-c2ccc(C(F)(F)F)cc2)n1. The molecular formula is C18H23F3N4O. The number of halogens is 3. The van der Waals surface area contributed by atoms with Crippen LogP contribution in [0.15, 0.2) is 24.3 Å². The summed E-state index contributed by atoms with van der Waals surface area (Å²) in [5.41, 5.74) is -0.316. The van der Waals surface area contributed by atoms with Crippen LogP contribution < -0.4 is 5.32 Å². The molecule has 3 rings (SSSR count). The first kappa shape index (κ1) is 18.8. The Labute approximate surface area is 150 Å². The Kier molecular flexibility index (Phi) is 5.34. The molecule has 1 atom stereocenters. The summed E-state index contributed by atoms with van der Waals surface area (Å²) in [7, 11) is 1.61. The molecule has 0 aliphatic carbocycles. The number of rotatable bonds is 5. The molecule has 0 unspecified atom stereocenters. The van der Waals surface area contributed by atoms with Gasteiger partial charge < -0.3 is 10.1 Å². The van der Waals surface area contributed by atoms with E-state index in [1.807, 2.05) is 0 Å². The molecule has 1 aliphatic heterocycles. The van der Waals surface area contributed by atoms with E-state index in [9.17, 15) is 13.2 Å². The van der Waals surface area contributed by atoms with Crippen LogP contribution >= 0.6 is 0 Å². The van der Waals surface area contributed by atoms with Crippen molar-refractivity contribution in [2.45, 2.75) is 37.8 Å². The summed E-state index contributed by atoms with van der Waals surface area (Å²) in [6.07, 6.45) is -1.83. The first-order valence-corrected chi connectivity index (χ1v) is 8.67. The summed E-state index contributed by atoms with van der Waals surface area (Å²) in [6, 6.07) is 5.05. The first-order chi connectivity index (χ1) is 12.3. The summed E-state index contributed by atoms with van der Waals surface area (Å²) in [5, 5.41) is 7.93. The third kappa shape index (κ3) is 3.91. The molecule has 2 aromatic rings. The van der Waals surface area contributed by atoms with Crippen LogP contribution in [0.3, 0.4) is 0 Å². The Balaban J connectivity index is 2.00. The van der Waals surface area contributed by atoms with E-state index >= 15 is 0 Å². The molecule has 1 aromatic carbocycles. The normalized spacial score (nSPS) is 21.1. The third-order valence-electron chi connectivity index (χ3n) is 4.76. The minimum atomic E-state index is -4.35. The van der Waals surface area contributed by atoms with Crippen LogP contribution in [0, 0.1) is 0 Å². The fourth-order valence-corrected chi connectivity index (χ4v) is 3.26. The quantitative estimate of drug-likeness (QED) is 0.881. The van der Waals surface area contributed by atoms with Crippen LogP contribution in [0.5, 0.6) is 0 Å². The maximum Gasteiger partial charge on any atom is 0.416 e. The van der Waals surface area contributed by atoms with E-state index in [1.165, 1.54) is 12.1 Å². The molecule has 1 fully saturated rings. The fraction of sp³-hybridized carbons (Fsp3) is 0.556. The zero-order valence-electron chi connectivity index (χ0n) is 14.9. The van der Waals surface area contributed by atoms with Crippen molar-refractivity contribution in [2.75, 3.05) is 26.8 Å². The fourth-order valence-electron chi connectivity index (χ4n) is 3.26. The minimum Gasteiger partial charge on any atom is -0.384 e. The summed E-state index contributed by atoms with van der Waals surface area (Å²) < 4.78 is 45.3. The maximum absolute atomic E-state index is 12.8. The molecule has 142 valence electrons. The van der Waals surface area contributed by atoms with Crippen molar-refractivity contribution < 1.29 is 17.9 Å². The number of nitrogens with zero attached hydrogens (tertiary/aromatic N) is 3. The van der Waals surface area contributed by atoms with Gasteiger partial charge in [-0.25, -0.2) is 9.67 Å². The second-order valence-electron chi connectivity index (χ2n) is 6.89. The van der Waals surface area contributed by atoms with Crippen LogP contribution in [0.2, 0.25) is 0 Å². The predicted octanol–water partition coefficient (Wildman–Crippen LogP) is 3.12. The Morgan fingerprint density at radius 3 is 2.58 bits per heavy atom. The smallest absolute Gasteiger partial charge is 0.384 e. The van der Waals surface area contributed by atoms with Crippen LogP contribution in [-0.2, 0) is 22.7 Å². The van der Waals surface area contributed by atoms with E-state index in [2.05, 4.69) is 17.3 Å². The highest BCUT2D eigenvalue weighted by molar-refractivity contribution is 5.37. The highest BCUT2D eigenvalue weighted by Crippen LogP contribution is 2.33. The van der Waals surface area contributed by atoms with Crippen LogP contribution in [-0.4, -0.2) is 41.6 Å². The standard InChI is InChI=1S/C18H23F3N4O/c1-17(9-3-10-22-12-17)16-23-15(8-11-26-2)24-25(16)14-6-4-13(5-7-14)18(19,20)21/h4-7,22H,3,8-12H2,1-2H3/t17-/m1/s1. The number of ether oxygens (including phenoxy) is 1. The van der Waals surface area contributed by atoms with Crippen molar-refractivity contribution in [1.29, 1.82) is 0 Å². The monoisotopic (exact) mass is 368 g/mol. The first-order valence-electron chi connectivity index (χ1n) is 8.67. The Morgan fingerprint density at radius 2 is 2.00 bits per heavy atom. The van der Waals surface area contributed by atoms with Gasteiger partial charge in [-0.1, -0.05) is 6.92 Å². The van der Waals surface area contributed by atoms with E-state index in [0.717, 1.165) is 43.9 Å². The minimum absolute atomic E-state index is 0.223. The molecule has 2 heterocycles. The summed E-state index contributed by atoms with van der Waals surface area (Å²) in [5.74, 6) is 1.41. The Morgan fingerprint density at radius 1 is 1.27 bits per heavy atom. The molecule has 1 aliphatic rings. The van der Waals surface area contributed by atoms with Crippen molar-refractivity contribution in [3.63, 3.8) is 0 Å². The van der Waals surface area contributed by atoms with Crippen LogP contribution in [0.25, 0.3) is 5.69 Å². The molecule has 0 saturated carbocycles. The van der Waals surface area contributed by atoms with Gasteiger partial charge in [-0.05, 0) is 43.7 Å². The van der Waals surface area contributed by atoms with Gasteiger partial charge in [-0.3, -0.25) is 0 Å². The van der Waals surface area contributed by atoms with Gasteiger partial charge in [0.25, 0.3) is 0 Å². The van der Waals surface area contributed by atoms with Crippen molar-refractivity contribution in [3.05, 3.63) is 41.5 Å². The number of piperidine rings is 1. The predicted molar refractivity (Wildman–Crippen MR) is 91.4 cm³/mol. The van der Waals surface area contributed by atoms with E-state index < -0.39 is 11.7 Å². The zero-order chi connectivity index (χ0) is 18.8. The lowest BCUT2D eigenvalue weighted by Gasteiger charge is -2.33. The van der Waals surface area contributed by atoms with E-state index in [4.69, 9.17) is 9.72 Å². The van der Waals surface area contributed by atoms with Gasteiger partial charge in [-0.2, -0.15) is 18.3 Å². The lowest BCUT2D eigenvalue weighted by Crippen LogP contribution is -2.42. The zero-order valence-corrected chi connectivity index (χ0v) is 14.9. The molecule has 0 spiro atoms. The maximum atomic E-state index is 12.8. The average Bonchev–Trinajstić information content (AvgIpc) is 3.05. The molecule has 0 bridgehead atoms. The van der Waals surface area contributed by atoms with Gasteiger partial charge in [-0.15, -0.1) is 0 Å². The summed E-state index contributed by atoms with van der Waals surface area (Å²) >= 11 is 0. The number of hydrogen-bond acceptors (Lipinski definition) is 4. The van der Waals surface area contributed by atoms with E-state index in [-0.39, 0.29) is 5.41 Å². The largest absolute Gasteiger partial charge is 0.416 e. The van der Waals surface area contributed by atoms with Crippen molar-refractivity contribution in [2.24, 2.45) is 0 Å². The summed E-state index contributed by atoms with van der Waals surface area (Å²) in [6.45, 7) is 4.33. The highest BCUT2D eigenvalue weighted by atomic mass is 19.4. The Bertz CT molecular complexity index is 734. The van der Waals surface area contributed by atoms with Gasteiger partial charge in [0.05, 0.1) is 17.9 Å². The number of nitrogens with one attached hydrogen (secondary N) is 1. The molecule has 5 nitrogen and oxygen atoms in total. The number of methoxy groups -OCH3 is 1. The van der Waals surface area contributed by atoms with E-state index in [0.29, 0.717) is 24.5 Å². The Hall–Kier alpha value is -1.93. The molecule has 26 heavy (non-hydrogen) atoms. The summed E-state index contributed by atoms with van der Waals surface area (Å²) in [4.78, 5) is 4.70. The molecule has 1 aromatic heterocycles. The second kappa shape index (κ2) is 7.36. The van der Waals surface area contributed by atoms with Gasteiger partial charge in [0.15, 0.2) is 5.82 Å². The number of benzene rings is 1. The number of alkyl halides is 3. The van der Waals surface area contributed by atoms with Gasteiger partial charge >= 0.3 is 6.18 Å². The van der Waals surface area contributed by atoms with Crippen LogP contribution in [0.4, 0.5) is 13.2 Å². The lowest BCUT2D eigenvalue weighted by atomic mass is 9.82. The second-order valence-corrected chi connectivity index (χ2v) is 6.89. The van der Waals surface area contributed by atoms with Gasteiger partial charge in [0, 0.05) is 25.5 Å². The molecule has 8 heteroatoms. The average molecular weight is 368 g/mol. The van der Waals surface area contributed by atoms with Crippen molar-refractivity contribution in [1.82, 2.24) is 20.1 Å². The van der Waals surface area contributed by atoms with Gasteiger partial charge in [0.2, 0.25) is 0 Å². The van der Waals surface area contributed by atoms with E-state index in [1.54, 1.807) is 11.8 Å². The molecule has 0 radical (unpaired) electrons. The van der Waals surface area contributed by atoms with Crippen molar-refractivity contribution in [3.8, 4) is 5.69 Å². The molecule has 1 N–H and O–H groups in total. The van der Waals surface area contributed by atoms with Crippen molar-refractivity contribution >= 4 is 0 Å². The molecule has 0 amide bonds. The lowest BCUT2D eigenvalue weighted by molar-refractivity contribution is -0.137. The van der Waals surface area contributed by atoms with Crippen LogP contribution in [0.1, 0.15) is 37.0 Å². The third-order valence-corrected chi connectivity index (χ3v) is 4.76. The number of hydrogen-bond donors (Lipinski definition) is 1. The number of aromatic nitrogens is 3. The topological polar surface area (TPSA) is 52.0 Å². The molecule has 1 saturated heterocycles. The van der Waals surface area contributed by atoms with Gasteiger partial charge in [0.1, 0.15) is 5.82 Å². The highest BCUT2D eigenvalue weighted by Gasteiger charge is 2.35. The molecular weight excluding hydrogens is 345 g/mol.